The van der Waals surface area contributed by atoms with Crippen LogP contribution < -0.4 is 0 Å². The van der Waals surface area contributed by atoms with E-state index in [1.807, 2.05) is 0 Å². The van der Waals surface area contributed by atoms with E-state index in [-0.39, 0.29) is 5.75 Å². The fourth-order valence-corrected chi connectivity index (χ4v) is 1.87. The first-order valence-electron chi connectivity index (χ1n) is 5.19. The summed E-state index contributed by atoms with van der Waals surface area (Å²) in [4.78, 5) is 0. The summed E-state index contributed by atoms with van der Waals surface area (Å²) < 4.78 is 7.11. The number of aromatic hydroxyl groups is 1. The molecule has 1 aromatic rings. The zero-order valence-electron chi connectivity index (χ0n) is 9.95. The Morgan fingerprint density at radius 1 is 1.47 bits per heavy atom. The van der Waals surface area contributed by atoms with Crippen LogP contribution in [0.15, 0.2) is 6.20 Å². The zero-order chi connectivity index (χ0) is 11.5. The lowest BCUT2D eigenvalue weighted by atomic mass is 10.5. The van der Waals surface area contributed by atoms with Crippen LogP contribution in [0.1, 0.15) is 5.69 Å². The van der Waals surface area contributed by atoms with Crippen molar-refractivity contribution < 1.29 is 9.84 Å². The molecule has 1 heterocycles. The van der Waals surface area contributed by atoms with Crippen molar-refractivity contribution in [2.75, 3.05) is 6.61 Å². The number of rotatable bonds is 5. The molecule has 0 aromatic carbocycles. The van der Waals surface area contributed by atoms with Gasteiger partial charge in [-0.25, -0.2) is 4.68 Å². The average molecular weight is 228 g/mol. The second kappa shape index (κ2) is 4.81. The third-order valence-electron chi connectivity index (χ3n) is 2.14. The van der Waals surface area contributed by atoms with Crippen molar-refractivity contribution in [1.82, 2.24) is 9.78 Å². The van der Waals surface area contributed by atoms with Gasteiger partial charge in [0, 0.05) is 14.7 Å². The molecule has 1 N–H and O–H groups in total. The Morgan fingerprint density at radius 3 is 2.60 bits per heavy atom. The minimum absolute atomic E-state index is 0.226. The summed E-state index contributed by atoms with van der Waals surface area (Å²) in [5, 5.41) is 13.4. The van der Waals surface area contributed by atoms with E-state index in [0.717, 1.165) is 12.7 Å². The van der Waals surface area contributed by atoms with E-state index < -0.39 is 8.07 Å². The van der Waals surface area contributed by atoms with E-state index in [2.05, 4.69) is 24.7 Å². The van der Waals surface area contributed by atoms with Crippen molar-refractivity contribution in [3.05, 3.63) is 11.9 Å². The molecule has 0 spiro atoms. The molecular weight excluding hydrogens is 208 g/mol. The summed E-state index contributed by atoms with van der Waals surface area (Å²) in [6.07, 6.45) is 1.59. The number of hydrogen-bond acceptors (Lipinski definition) is 3. The number of hydrogen-bond donors (Lipinski definition) is 1. The first-order chi connectivity index (χ1) is 6.88. The summed E-state index contributed by atoms with van der Waals surface area (Å²) in [6.45, 7) is 9.93. The number of nitrogens with zero attached hydrogens (tertiary/aromatic N) is 2. The zero-order valence-corrected chi connectivity index (χ0v) is 10.9. The standard InChI is InChI=1S/C10H20N2O2Si/c1-9-10(13)7-12(11-9)8-14-5-6-15(2,3)4/h7,13H,5-6,8H2,1-4H3. The van der Waals surface area contributed by atoms with E-state index in [4.69, 9.17) is 4.74 Å². The van der Waals surface area contributed by atoms with Crippen molar-refractivity contribution >= 4 is 8.07 Å². The number of aromatic nitrogens is 2. The van der Waals surface area contributed by atoms with E-state index >= 15 is 0 Å². The van der Waals surface area contributed by atoms with Gasteiger partial charge >= 0.3 is 0 Å². The Balaban J connectivity index is 2.26. The predicted octanol–water partition coefficient (Wildman–Crippen LogP) is 2.21. The molecule has 0 saturated carbocycles. The highest BCUT2D eigenvalue weighted by Crippen LogP contribution is 2.12. The van der Waals surface area contributed by atoms with Crippen LogP contribution in [0.4, 0.5) is 0 Å². The molecule has 1 aromatic heterocycles. The Labute approximate surface area is 91.9 Å². The van der Waals surface area contributed by atoms with Gasteiger partial charge in [0.15, 0.2) is 5.75 Å². The molecule has 0 aliphatic rings. The number of aryl methyl sites for hydroxylation is 1. The average Bonchev–Trinajstić information content (AvgIpc) is 2.39. The first-order valence-corrected chi connectivity index (χ1v) is 8.90. The van der Waals surface area contributed by atoms with Crippen molar-refractivity contribution in [2.24, 2.45) is 0 Å². The van der Waals surface area contributed by atoms with Gasteiger partial charge in [-0.1, -0.05) is 19.6 Å². The van der Waals surface area contributed by atoms with Gasteiger partial charge in [-0.3, -0.25) is 0 Å². The van der Waals surface area contributed by atoms with Crippen LogP contribution in [0.3, 0.4) is 0 Å². The third kappa shape index (κ3) is 4.48. The van der Waals surface area contributed by atoms with E-state index in [0.29, 0.717) is 12.4 Å². The van der Waals surface area contributed by atoms with Crippen molar-refractivity contribution in [3.8, 4) is 5.75 Å². The van der Waals surface area contributed by atoms with Gasteiger partial charge in [-0.15, -0.1) is 0 Å². The lowest BCUT2D eigenvalue weighted by Crippen LogP contribution is -2.22. The quantitative estimate of drug-likeness (QED) is 0.621. The summed E-state index contributed by atoms with van der Waals surface area (Å²) >= 11 is 0. The summed E-state index contributed by atoms with van der Waals surface area (Å²) in [6, 6.07) is 1.15. The van der Waals surface area contributed by atoms with Gasteiger partial charge in [0.05, 0.1) is 6.20 Å². The molecule has 0 saturated heterocycles. The van der Waals surface area contributed by atoms with E-state index in [1.54, 1.807) is 17.8 Å². The lowest BCUT2D eigenvalue weighted by molar-refractivity contribution is 0.0782. The Bertz CT molecular complexity index is 298. The van der Waals surface area contributed by atoms with Crippen LogP contribution in [-0.2, 0) is 11.5 Å². The van der Waals surface area contributed by atoms with Crippen molar-refractivity contribution in [2.45, 2.75) is 39.3 Å². The summed E-state index contributed by atoms with van der Waals surface area (Å²) in [5.41, 5.74) is 0.642. The maximum Gasteiger partial charge on any atom is 0.156 e. The largest absolute Gasteiger partial charge is 0.504 e. The van der Waals surface area contributed by atoms with Crippen molar-refractivity contribution in [3.63, 3.8) is 0 Å². The lowest BCUT2D eigenvalue weighted by Gasteiger charge is -2.15. The molecular formula is C10H20N2O2Si. The normalized spacial score (nSPS) is 12.0. The fraction of sp³-hybridized carbons (Fsp3) is 0.700. The molecule has 15 heavy (non-hydrogen) atoms. The van der Waals surface area contributed by atoms with Gasteiger partial charge in [-0.05, 0) is 13.0 Å². The van der Waals surface area contributed by atoms with Crippen LogP contribution in [0.2, 0.25) is 25.7 Å². The van der Waals surface area contributed by atoms with Gasteiger partial charge in [0.1, 0.15) is 12.4 Å². The van der Waals surface area contributed by atoms with Crippen LogP contribution in [0, 0.1) is 6.92 Å². The highest BCUT2D eigenvalue weighted by molar-refractivity contribution is 6.76. The summed E-state index contributed by atoms with van der Waals surface area (Å²) in [5.74, 6) is 0.226. The monoisotopic (exact) mass is 228 g/mol. The molecule has 5 heteroatoms. The van der Waals surface area contributed by atoms with E-state index in [9.17, 15) is 5.11 Å². The second-order valence-corrected chi connectivity index (χ2v) is 10.6. The smallest absolute Gasteiger partial charge is 0.156 e. The molecule has 0 aliphatic carbocycles. The molecule has 86 valence electrons. The summed E-state index contributed by atoms with van der Waals surface area (Å²) in [7, 11) is -1.01. The molecule has 0 bridgehead atoms. The van der Waals surface area contributed by atoms with Gasteiger partial charge < -0.3 is 9.84 Å². The topological polar surface area (TPSA) is 47.3 Å². The van der Waals surface area contributed by atoms with Crippen LogP contribution >= 0.6 is 0 Å². The minimum atomic E-state index is -1.01. The Hall–Kier alpha value is -0.813. The molecule has 4 nitrogen and oxygen atoms in total. The Kier molecular flexibility index (Phi) is 3.93. The second-order valence-electron chi connectivity index (χ2n) is 4.99. The molecule has 0 radical (unpaired) electrons. The molecule has 0 fully saturated rings. The first kappa shape index (κ1) is 12.3. The fourth-order valence-electron chi connectivity index (χ4n) is 1.11. The number of ether oxygens (including phenoxy) is 1. The predicted molar refractivity (Wildman–Crippen MR) is 62.7 cm³/mol. The molecule has 0 unspecified atom stereocenters. The molecule has 0 amide bonds. The maximum atomic E-state index is 9.29. The van der Waals surface area contributed by atoms with Gasteiger partial charge in [-0.2, -0.15) is 5.10 Å². The highest BCUT2D eigenvalue weighted by Gasteiger charge is 2.12. The molecule has 1 rings (SSSR count). The SMILES string of the molecule is Cc1nn(COCC[Si](C)(C)C)cc1O. The highest BCUT2D eigenvalue weighted by atomic mass is 28.3. The van der Waals surface area contributed by atoms with Crippen LogP contribution in [-0.4, -0.2) is 29.6 Å². The molecule has 0 aliphatic heterocycles. The van der Waals surface area contributed by atoms with Gasteiger partial charge in [0.25, 0.3) is 0 Å². The van der Waals surface area contributed by atoms with Crippen LogP contribution in [0.5, 0.6) is 5.75 Å². The minimum Gasteiger partial charge on any atom is -0.504 e. The Morgan fingerprint density at radius 2 is 2.13 bits per heavy atom. The van der Waals surface area contributed by atoms with Crippen molar-refractivity contribution in [1.29, 1.82) is 0 Å². The van der Waals surface area contributed by atoms with Gasteiger partial charge in [0.2, 0.25) is 0 Å². The van der Waals surface area contributed by atoms with Crippen LogP contribution in [0.25, 0.3) is 0 Å². The van der Waals surface area contributed by atoms with E-state index in [1.165, 1.54) is 0 Å². The third-order valence-corrected chi connectivity index (χ3v) is 3.84. The molecule has 0 atom stereocenters. The maximum absolute atomic E-state index is 9.29.